The fourth-order valence-corrected chi connectivity index (χ4v) is 2.76. The van der Waals surface area contributed by atoms with E-state index in [0.717, 1.165) is 4.90 Å². The molecular weight excluding hydrogens is 274 g/mol. The summed E-state index contributed by atoms with van der Waals surface area (Å²) in [5.41, 5.74) is -0.150. The number of aliphatic carboxylic acids is 1. The molecule has 1 saturated carbocycles. The number of benzene rings is 1. The van der Waals surface area contributed by atoms with Crippen molar-refractivity contribution < 1.29 is 14.7 Å². The molecule has 108 valence electrons. The molecule has 1 aliphatic rings. The lowest BCUT2D eigenvalue weighted by atomic mass is 10.1. The summed E-state index contributed by atoms with van der Waals surface area (Å²) in [5.74, 6) is -1.03. The minimum atomic E-state index is -0.818. The van der Waals surface area contributed by atoms with Gasteiger partial charge in [0.05, 0.1) is 5.41 Å². The number of carboxylic acid groups (broad SMARTS) is 1. The molecule has 2 N–H and O–H groups in total. The van der Waals surface area contributed by atoms with Crippen LogP contribution in [0.2, 0.25) is 0 Å². The van der Waals surface area contributed by atoms with E-state index in [1.165, 1.54) is 0 Å². The molecule has 5 heteroatoms. The summed E-state index contributed by atoms with van der Waals surface area (Å²) in [4.78, 5) is 24.1. The van der Waals surface area contributed by atoms with Gasteiger partial charge in [-0.25, -0.2) is 0 Å². The van der Waals surface area contributed by atoms with Gasteiger partial charge in [-0.15, -0.1) is 11.8 Å². The molecular formula is C15H19NO3S. The number of carbonyl (C=O) groups is 2. The lowest BCUT2D eigenvalue weighted by Crippen LogP contribution is -2.34. The Hall–Kier alpha value is -1.49. The first-order valence-corrected chi connectivity index (χ1v) is 7.59. The monoisotopic (exact) mass is 293 g/mol. The van der Waals surface area contributed by atoms with Crippen molar-refractivity contribution >= 4 is 23.6 Å². The second-order valence-corrected chi connectivity index (χ2v) is 7.11. The first-order valence-electron chi connectivity index (χ1n) is 6.71. The molecule has 0 unspecified atom stereocenters. The van der Waals surface area contributed by atoms with Crippen molar-refractivity contribution in [2.75, 3.05) is 6.54 Å². The van der Waals surface area contributed by atoms with Gasteiger partial charge in [0.15, 0.2) is 0 Å². The SMILES string of the molecule is CC(C)Sc1ccc(C(=O)NCC2(C(=O)O)CC2)cc1. The Labute approximate surface area is 123 Å². The van der Waals surface area contributed by atoms with Gasteiger partial charge >= 0.3 is 5.97 Å². The number of nitrogens with one attached hydrogen (secondary N) is 1. The van der Waals surface area contributed by atoms with Crippen molar-refractivity contribution in [2.45, 2.75) is 36.8 Å². The first-order chi connectivity index (χ1) is 9.43. The highest BCUT2D eigenvalue weighted by molar-refractivity contribution is 7.99. The fourth-order valence-electron chi connectivity index (χ4n) is 1.93. The van der Waals surface area contributed by atoms with Gasteiger partial charge in [-0.05, 0) is 37.1 Å². The van der Waals surface area contributed by atoms with E-state index in [-0.39, 0.29) is 12.5 Å². The standard InChI is InChI=1S/C15H19NO3S/c1-10(2)20-12-5-3-11(4-6-12)13(17)16-9-15(7-8-15)14(18)19/h3-6,10H,7-9H2,1-2H3,(H,16,17)(H,18,19). The summed E-state index contributed by atoms with van der Waals surface area (Å²) < 4.78 is 0. The van der Waals surface area contributed by atoms with Crippen molar-refractivity contribution in [1.29, 1.82) is 0 Å². The predicted molar refractivity (Wildman–Crippen MR) is 79.1 cm³/mol. The molecule has 0 atom stereocenters. The quantitative estimate of drug-likeness (QED) is 0.792. The number of thioether (sulfide) groups is 1. The third-order valence-electron chi connectivity index (χ3n) is 3.38. The topological polar surface area (TPSA) is 66.4 Å². The summed E-state index contributed by atoms with van der Waals surface area (Å²) in [5, 5.41) is 12.3. The van der Waals surface area contributed by atoms with E-state index in [1.807, 2.05) is 12.1 Å². The van der Waals surface area contributed by atoms with Gasteiger partial charge in [-0.1, -0.05) is 13.8 Å². The maximum atomic E-state index is 12.0. The van der Waals surface area contributed by atoms with Gasteiger partial charge < -0.3 is 10.4 Å². The molecule has 1 aliphatic carbocycles. The second-order valence-electron chi connectivity index (χ2n) is 5.46. The van der Waals surface area contributed by atoms with E-state index < -0.39 is 11.4 Å². The fraction of sp³-hybridized carbons (Fsp3) is 0.467. The number of carbonyl (C=O) groups excluding carboxylic acids is 1. The van der Waals surface area contributed by atoms with Crippen LogP contribution in [0.1, 0.15) is 37.0 Å². The van der Waals surface area contributed by atoms with Gasteiger partial charge in [-0.2, -0.15) is 0 Å². The average molecular weight is 293 g/mol. The molecule has 0 radical (unpaired) electrons. The Morgan fingerprint density at radius 3 is 2.35 bits per heavy atom. The maximum Gasteiger partial charge on any atom is 0.311 e. The Morgan fingerprint density at radius 2 is 1.90 bits per heavy atom. The molecule has 0 aromatic heterocycles. The highest BCUT2D eigenvalue weighted by Gasteiger charge is 2.50. The molecule has 1 fully saturated rings. The van der Waals surface area contributed by atoms with Gasteiger partial charge in [0, 0.05) is 22.3 Å². The van der Waals surface area contributed by atoms with Crippen LogP contribution in [0.25, 0.3) is 0 Å². The predicted octanol–water partition coefficient (Wildman–Crippen LogP) is 2.78. The molecule has 4 nitrogen and oxygen atoms in total. The van der Waals surface area contributed by atoms with Gasteiger partial charge in [0.2, 0.25) is 0 Å². The summed E-state index contributed by atoms with van der Waals surface area (Å²) in [7, 11) is 0. The maximum absolute atomic E-state index is 12.0. The van der Waals surface area contributed by atoms with E-state index in [9.17, 15) is 9.59 Å². The zero-order valence-electron chi connectivity index (χ0n) is 11.7. The van der Waals surface area contributed by atoms with Crippen LogP contribution >= 0.6 is 11.8 Å². The van der Waals surface area contributed by atoms with Crippen LogP contribution in [-0.2, 0) is 4.79 Å². The largest absolute Gasteiger partial charge is 0.481 e. The summed E-state index contributed by atoms with van der Waals surface area (Å²) >= 11 is 1.74. The van der Waals surface area contributed by atoms with E-state index >= 15 is 0 Å². The Morgan fingerprint density at radius 1 is 1.30 bits per heavy atom. The van der Waals surface area contributed by atoms with E-state index in [1.54, 1.807) is 23.9 Å². The Kier molecular flexibility index (Phi) is 4.38. The van der Waals surface area contributed by atoms with Crippen molar-refractivity contribution in [1.82, 2.24) is 5.32 Å². The number of carboxylic acids is 1. The summed E-state index contributed by atoms with van der Waals surface area (Å²) in [6.07, 6.45) is 1.29. The molecule has 0 bridgehead atoms. The third kappa shape index (κ3) is 3.54. The second kappa shape index (κ2) is 5.87. The average Bonchev–Trinajstić information content (AvgIpc) is 3.17. The highest BCUT2D eigenvalue weighted by Crippen LogP contribution is 2.45. The van der Waals surface area contributed by atoms with Crippen LogP contribution in [-0.4, -0.2) is 28.8 Å². The van der Waals surface area contributed by atoms with Crippen molar-refractivity contribution in [3.05, 3.63) is 29.8 Å². The van der Waals surface area contributed by atoms with E-state index in [0.29, 0.717) is 23.7 Å². The van der Waals surface area contributed by atoms with Gasteiger partial charge in [0.1, 0.15) is 0 Å². The molecule has 1 aromatic rings. The van der Waals surface area contributed by atoms with Crippen LogP contribution < -0.4 is 5.32 Å². The smallest absolute Gasteiger partial charge is 0.311 e. The summed E-state index contributed by atoms with van der Waals surface area (Å²) in [6, 6.07) is 7.40. The lowest BCUT2D eigenvalue weighted by molar-refractivity contribution is -0.143. The molecule has 20 heavy (non-hydrogen) atoms. The van der Waals surface area contributed by atoms with Crippen molar-refractivity contribution in [3.8, 4) is 0 Å². The van der Waals surface area contributed by atoms with Crippen LogP contribution in [0.15, 0.2) is 29.2 Å². The molecule has 1 aromatic carbocycles. The molecule has 0 saturated heterocycles. The summed E-state index contributed by atoms with van der Waals surface area (Å²) in [6.45, 7) is 4.45. The lowest BCUT2D eigenvalue weighted by Gasteiger charge is -2.11. The number of amides is 1. The molecule has 0 spiro atoms. The minimum Gasteiger partial charge on any atom is -0.481 e. The normalized spacial score (nSPS) is 15.9. The van der Waals surface area contributed by atoms with Crippen molar-refractivity contribution in [3.63, 3.8) is 0 Å². The van der Waals surface area contributed by atoms with Crippen molar-refractivity contribution in [2.24, 2.45) is 5.41 Å². The van der Waals surface area contributed by atoms with Crippen LogP contribution in [0.5, 0.6) is 0 Å². The number of rotatable bonds is 6. The molecule has 2 rings (SSSR count). The zero-order valence-corrected chi connectivity index (χ0v) is 12.5. The first kappa shape index (κ1) is 14.9. The van der Waals surface area contributed by atoms with Crippen LogP contribution in [0, 0.1) is 5.41 Å². The van der Waals surface area contributed by atoms with Crippen LogP contribution in [0.4, 0.5) is 0 Å². The molecule has 0 heterocycles. The highest BCUT2D eigenvalue weighted by atomic mass is 32.2. The molecule has 0 aliphatic heterocycles. The van der Waals surface area contributed by atoms with E-state index in [4.69, 9.17) is 5.11 Å². The zero-order chi connectivity index (χ0) is 14.8. The minimum absolute atomic E-state index is 0.210. The Bertz CT molecular complexity index is 506. The van der Waals surface area contributed by atoms with Gasteiger partial charge in [-0.3, -0.25) is 9.59 Å². The number of hydrogen-bond donors (Lipinski definition) is 2. The number of hydrogen-bond acceptors (Lipinski definition) is 3. The Balaban J connectivity index is 1.91. The van der Waals surface area contributed by atoms with Gasteiger partial charge in [0.25, 0.3) is 5.91 Å². The molecule has 1 amide bonds. The van der Waals surface area contributed by atoms with Crippen LogP contribution in [0.3, 0.4) is 0 Å². The third-order valence-corrected chi connectivity index (χ3v) is 4.40. The van der Waals surface area contributed by atoms with E-state index in [2.05, 4.69) is 19.2 Å².